The summed E-state index contributed by atoms with van der Waals surface area (Å²) in [7, 11) is 0. The van der Waals surface area contributed by atoms with Gasteiger partial charge in [0, 0.05) is 15.4 Å². The standard InChI is InChI=1S/C15H10BrFN2S/c16-11-5-3-4-10(8-11)14-9-20-15(19-14)18-13-7-2-1-6-12(13)17/h1-9H,(H,18,19). The summed E-state index contributed by atoms with van der Waals surface area (Å²) in [5.74, 6) is -0.285. The lowest BCUT2D eigenvalue weighted by Gasteiger charge is -2.03. The van der Waals surface area contributed by atoms with E-state index in [1.54, 1.807) is 18.2 Å². The van der Waals surface area contributed by atoms with Crippen molar-refractivity contribution in [1.82, 2.24) is 4.98 Å². The Hall–Kier alpha value is -1.72. The second-order valence-corrected chi connectivity index (χ2v) is 5.93. The predicted octanol–water partition coefficient (Wildman–Crippen LogP) is 5.46. The summed E-state index contributed by atoms with van der Waals surface area (Å²) in [5, 5.41) is 5.62. The van der Waals surface area contributed by atoms with E-state index in [0.717, 1.165) is 15.7 Å². The van der Waals surface area contributed by atoms with E-state index in [1.807, 2.05) is 29.6 Å². The van der Waals surface area contributed by atoms with Gasteiger partial charge in [-0.2, -0.15) is 0 Å². The largest absolute Gasteiger partial charge is 0.329 e. The zero-order chi connectivity index (χ0) is 13.9. The van der Waals surface area contributed by atoms with Crippen LogP contribution in [0, 0.1) is 5.82 Å². The number of halogens is 2. The van der Waals surface area contributed by atoms with Crippen LogP contribution in [0.15, 0.2) is 58.4 Å². The van der Waals surface area contributed by atoms with Gasteiger partial charge in [-0.1, -0.05) is 40.2 Å². The number of benzene rings is 2. The quantitative estimate of drug-likeness (QED) is 0.680. The van der Waals surface area contributed by atoms with Gasteiger partial charge in [0.25, 0.3) is 0 Å². The Bertz CT molecular complexity index is 742. The van der Waals surface area contributed by atoms with Crippen molar-refractivity contribution in [2.24, 2.45) is 0 Å². The van der Waals surface area contributed by atoms with Gasteiger partial charge in [-0.05, 0) is 24.3 Å². The third-order valence-corrected chi connectivity index (χ3v) is 3.99. The van der Waals surface area contributed by atoms with Crippen LogP contribution in [-0.4, -0.2) is 4.98 Å². The topological polar surface area (TPSA) is 24.9 Å². The van der Waals surface area contributed by atoms with E-state index in [2.05, 4.69) is 26.2 Å². The first kappa shape index (κ1) is 13.3. The monoisotopic (exact) mass is 348 g/mol. The number of hydrogen-bond acceptors (Lipinski definition) is 3. The first-order valence-electron chi connectivity index (χ1n) is 5.95. The number of nitrogens with zero attached hydrogens (tertiary/aromatic N) is 1. The van der Waals surface area contributed by atoms with Crippen LogP contribution in [0.1, 0.15) is 0 Å². The van der Waals surface area contributed by atoms with Crippen molar-refractivity contribution in [2.45, 2.75) is 0 Å². The minimum absolute atomic E-state index is 0.285. The molecule has 0 fully saturated rings. The Morgan fingerprint density at radius 1 is 1.10 bits per heavy atom. The highest BCUT2D eigenvalue weighted by molar-refractivity contribution is 9.10. The van der Waals surface area contributed by atoms with Gasteiger partial charge >= 0.3 is 0 Å². The summed E-state index contributed by atoms with van der Waals surface area (Å²) >= 11 is 4.89. The Labute approximate surface area is 128 Å². The lowest BCUT2D eigenvalue weighted by molar-refractivity contribution is 0.632. The molecule has 0 radical (unpaired) electrons. The second kappa shape index (κ2) is 5.73. The molecule has 0 saturated heterocycles. The van der Waals surface area contributed by atoms with E-state index in [-0.39, 0.29) is 5.82 Å². The van der Waals surface area contributed by atoms with E-state index in [1.165, 1.54) is 17.4 Å². The van der Waals surface area contributed by atoms with Gasteiger partial charge in [-0.25, -0.2) is 9.37 Å². The molecule has 0 aliphatic heterocycles. The number of nitrogens with one attached hydrogen (secondary N) is 1. The minimum atomic E-state index is -0.285. The van der Waals surface area contributed by atoms with Crippen molar-refractivity contribution in [2.75, 3.05) is 5.32 Å². The van der Waals surface area contributed by atoms with E-state index in [4.69, 9.17) is 0 Å². The molecule has 2 nitrogen and oxygen atoms in total. The van der Waals surface area contributed by atoms with Crippen molar-refractivity contribution < 1.29 is 4.39 Å². The summed E-state index contributed by atoms with van der Waals surface area (Å²) in [6.45, 7) is 0. The zero-order valence-corrected chi connectivity index (χ0v) is 12.7. The Balaban J connectivity index is 1.86. The van der Waals surface area contributed by atoms with Gasteiger partial charge in [0.05, 0.1) is 11.4 Å². The van der Waals surface area contributed by atoms with E-state index in [0.29, 0.717) is 10.8 Å². The van der Waals surface area contributed by atoms with Crippen molar-refractivity contribution in [3.05, 3.63) is 64.2 Å². The average Bonchev–Trinajstić information content (AvgIpc) is 2.90. The predicted molar refractivity (Wildman–Crippen MR) is 84.9 cm³/mol. The van der Waals surface area contributed by atoms with Crippen LogP contribution in [0.2, 0.25) is 0 Å². The Morgan fingerprint density at radius 3 is 2.75 bits per heavy atom. The van der Waals surface area contributed by atoms with Gasteiger partial charge in [0.15, 0.2) is 5.13 Å². The molecule has 0 unspecified atom stereocenters. The van der Waals surface area contributed by atoms with Crippen molar-refractivity contribution in [1.29, 1.82) is 0 Å². The molecule has 0 spiro atoms. The molecular weight excluding hydrogens is 339 g/mol. The Kier molecular flexibility index (Phi) is 3.80. The smallest absolute Gasteiger partial charge is 0.187 e. The molecule has 100 valence electrons. The molecule has 0 aliphatic carbocycles. The summed E-state index contributed by atoms with van der Waals surface area (Å²) in [4.78, 5) is 4.48. The van der Waals surface area contributed by atoms with Crippen LogP contribution in [0.4, 0.5) is 15.2 Å². The average molecular weight is 349 g/mol. The Morgan fingerprint density at radius 2 is 1.95 bits per heavy atom. The molecule has 1 heterocycles. The SMILES string of the molecule is Fc1ccccc1Nc1nc(-c2cccc(Br)c2)cs1. The molecule has 0 bridgehead atoms. The maximum atomic E-state index is 13.6. The maximum absolute atomic E-state index is 13.6. The van der Waals surface area contributed by atoms with Gasteiger partial charge in [0.2, 0.25) is 0 Å². The third-order valence-electron chi connectivity index (χ3n) is 2.74. The molecule has 0 atom stereocenters. The fourth-order valence-electron chi connectivity index (χ4n) is 1.79. The molecule has 20 heavy (non-hydrogen) atoms. The molecule has 0 saturated carbocycles. The number of rotatable bonds is 3. The van der Waals surface area contributed by atoms with E-state index in [9.17, 15) is 4.39 Å². The van der Waals surface area contributed by atoms with Crippen molar-refractivity contribution in [3.63, 3.8) is 0 Å². The van der Waals surface area contributed by atoms with Gasteiger partial charge in [0.1, 0.15) is 5.82 Å². The van der Waals surface area contributed by atoms with Gasteiger partial charge in [-0.15, -0.1) is 11.3 Å². The number of thiazole rings is 1. The highest BCUT2D eigenvalue weighted by Gasteiger charge is 2.07. The van der Waals surface area contributed by atoms with Crippen LogP contribution < -0.4 is 5.32 Å². The summed E-state index contributed by atoms with van der Waals surface area (Å²) < 4.78 is 14.6. The van der Waals surface area contributed by atoms with Crippen LogP contribution in [0.5, 0.6) is 0 Å². The van der Waals surface area contributed by atoms with Crippen molar-refractivity contribution in [3.8, 4) is 11.3 Å². The lowest BCUT2D eigenvalue weighted by atomic mass is 10.2. The number of para-hydroxylation sites is 1. The number of anilines is 2. The molecule has 3 rings (SSSR count). The molecule has 3 aromatic rings. The first-order valence-corrected chi connectivity index (χ1v) is 7.63. The van der Waals surface area contributed by atoms with Crippen LogP contribution in [0.3, 0.4) is 0 Å². The second-order valence-electron chi connectivity index (χ2n) is 4.15. The molecule has 5 heteroatoms. The molecule has 0 aliphatic rings. The van der Waals surface area contributed by atoms with Crippen LogP contribution in [-0.2, 0) is 0 Å². The van der Waals surface area contributed by atoms with Crippen molar-refractivity contribution >= 4 is 38.1 Å². The normalized spacial score (nSPS) is 10.5. The van der Waals surface area contributed by atoms with Crippen LogP contribution in [0.25, 0.3) is 11.3 Å². The summed E-state index contributed by atoms with van der Waals surface area (Å²) in [6, 6.07) is 14.5. The highest BCUT2D eigenvalue weighted by atomic mass is 79.9. The fraction of sp³-hybridized carbons (Fsp3) is 0. The minimum Gasteiger partial charge on any atom is -0.329 e. The fourth-order valence-corrected chi connectivity index (χ4v) is 2.92. The summed E-state index contributed by atoms with van der Waals surface area (Å²) in [6.07, 6.45) is 0. The third kappa shape index (κ3) is 2.89. The molecule has 2 aromatic carbocycles. The first-order chi connectivity index (χ1) is 9.72. The van der Waals surface area contributed by atoms with E-state index >= 15 is 0 Å². The molecule has 1 aromatic heterocycles. The summed E-state index contributed by atoms with van der Waals surface area (Å²) in [5.41, 5.74) is 2.33. The zero-order valence-electron chi connectivity index (χ0n) is 10.3. The van der Waals surface area contributed by atoms with Crippen LogP contribution >= 0.6 is 27.3 Å². The molecule has 1 N–H and O–H groups in total. The van der Waals surface area contributed by atoms with Gasteiger partial charge in [-0.3, -0.25) is 0 Å². The van der Waals surface area contributed by atoms with Gasteiger partial charge < -0.3 is 5.32 Å². The molecule has 0 amide bonds. The number of hydrogen-bond donors (Lipinski definition) is 1. The maximum Gasteiger partial charge on any atom is 0.187 e. The number of aromatic nitrogens is 1. The lowest BCUT2D eigenvalue weighted by Crippen LogP contribution is -1.92. The highest BCUT2D eigenvalue weighted by Crippen LogP contribution is 2.29. The van der Waals surface area contributed by atoms with E-state index < -0.39 is 0 Å². The molecular formula is C15H10BrFN2S.